The summed E-state index contributed by atoms with van der Waals surface area (Å²) in [6.45, 7) is -0.0650. The highest BCUT2D eigenvalue weighted by atomic mass is 35.5. The van der Waals surface area contributed by atoms with Gasteiger partial charge in [0.25, 0.3) is 5.56 Å². The van der Waals surface area contributed by atoms with Crippen LogP contribution in [0.4, 0.5) is 0 Å². The van der Waals surface area contributed by atoms with Crippen LogP contribution in [-0.2, 0) is 24.4 Å². The summed E-state index contributed by atoms with van der Waals surface area (Å²) in [5, 5.41) is 3.32. The van der Waals surface area contributed by atoms with Gasteiger partial charge in [-0.05, 0) is 35.4 Å². The van der Waals surface area contributed by atoms with Crippen LogP contribution in [-0.4, -0.2) is 32.1 Å². The molecule has 168 valence electrons. The first-order valence-electron chi connectivity index (χ1n) is 10.0. The van der Waals surface area contributed by atoms with E-state index in [1.165, 1.54) is 12.4 Å². The fraction of sp³-hybridized carbons (Fsp3) is 0.174. The molecule has 0 spiro atoms. The maximum atomic E-state index is 13.2. The number of carbonyl (C=O) groups is 1. The molecule has 0 unspecified atom stereocenters. The molecule has 4 rings (SSSR count). The topological polar surface area (TPSA) is 108 Å². The second-order valence-corrected chi connectivity index (χ2v) is 7.68. The minimum Gasteiger partial charge on any atom is -0.497 e. The number of rotatable bonds is 7. The first-order chi connectivity index (χ1) is 16.0. The Kier molecular flexibility index (Phi) is 6.50. The van der Waals surface area contributed by atoms with Gasteiger partial charge in [-0.2, -0.15) is 0 Å². The first-order valence-corrected chi connectivity index (χ1v) is 10.4. The number of methoxy groups -OCH3 is 1. The average molecular weight is 466 g/mol. The number of nitrogens with one attached hydrogen (secondary N) is 1. The average Bonchev–Trinajstić information content (AvgIpc) is 2.84. The maximum Gasteiger partial charge on any atom is 0.333 e. The summed E-state index contributed by atoms with van der Waals surface area (Å²) in [7, 11) is 1.56. The third-order valence-electron chi connectivity index (χ3n) is 5.02. The van der Waals surface area contributed by atoms with Crippen molar-refractivity contribution >= 4 is 28.7 Å². The highest BCUT2D eigenvalue weighted by Gasteiger charge is 2.17. The zero-order valence-corrected chi connectivity index (χ0v) is 18.5. The van der Waals surface area contributed by atoms with Gasteiger partial charge < -0.3 is 10.1 Å². The van der Waals surface area contributed by atoms with Crippen LogP contribution in [0.2, 0.25) is 5.02 Å². The number of carbonyl (C=O) groups excluding carboxylic acids is 1. The summed E-state index contributed by atoms with van der Waals surface area (Å²) in [4.78, 5) is 47.0. The molecule has 10 heteroatoms. The van der Waals surface area contributed by atoms with E-state index in [2.05, 4.69) is 15.3 Å². The van der Waals surface area contributed by atoms with Gasteiger partial charge in [0.15, 0.2) is 11.2 Å². The van der Waals surface area contributed by atoms with Crippen LogP contribution in [0.5, 0.6) is 5.75 Å². The maximum absolute atomic E-state index is 13.2. The van der Waals surface area contributed by atoms with E-state index in [1.807, 2.05) is 12.1 Å². The van der Waals surface area contributed by atoms with Gasteiger partial charge in [0.2, 0.25) is 5.91 Å². The predicted molar refractivity (Wildman–Crippen MR) is 123 cm³/mol. The molecule has 2 heterocycles. The Balaban J connectivity index is 1.64. The summed E-state index contributed by atoms with van der Waals surface area (Å²) in [6.07, 6.45) is 2.74. The molecule has 0 atom stereocenters. The van der Waals surface area contributed by atoms with Crippen LogP contribution in [0.25, 0.3) is 11.2 Å². The van der Waals surface area contributed by atoms with Crippen molar-refractivity contribution in [2.24, 2.45) is 0 Å². The molecular weight excluding hydrogens is 446 g/mol. The fourth-order valence-corrected chi connectivity index (χ4v) is 3.49. The fourth-order valence-electron chi connectivity index (χ4n) is 3.37. The largest absolute Gasteiger partial charge is 0.497 e. The molecule has 9 nitrogen and oxygen atoms in total. The minimum absolute atomic E-state index is 0.00617. The van der Waals surface area contributed by atoms with Crippen LogP contribution < -0.4 is 21.3 Å². The van der Waals surface area contributed by atoms with E-state index < -0.39 is 17.2 Å². The highest BCUT2D eigenvalue weighted by molar-refractivity contribution is 6.30. The van der Waals surface area contributed by atoms with E-state index in [4.69, 9.17) is 16.3 Å². The number of aromatic nitrogens is 4. The molecule has 2 aromatic carbocycles. The van der Waals surface area contributed by atoms with Crippen LogP contribution in [0.15, 0.2) is 70.5 Å². The Labute approximate surface area is 193 Å². The SMILES string of the molecule is COc1cccc(CNC(=O)Cn2c(=O)n(Cc3ccc(Cl)cc3)c(=O)c3nccnc32)c1. The van der Waals surface area contributed by atoms with Crippen molar-refractivity contribution in [3.05, 3.63) is 97.9 Å². The molecule has 0 aliphatic carbocycles. The normalized spacial score (nSPS) is 10.8. The molecule has 0 aliphatic rings. The van der Waals surface area contributed by atoms with Gasteiger partial charge in [-0.15, -0.1) is 0 Å². The number of nitrogens with zero attached hydrogens (tertiary/aromatic N) is 4. The van der Waals surface area contributed by atoms with Crippen molar-refractivity contribution in [3.63, 3.8) is 0 Å². The zero-order chi connectivity index (χ0) is 23.4. The van der Waals surface area contributed by atoms with E-state index in [9.17, 15) is 14.4 Å². The number of hydrogen-bond acceptors (Lipinski definition) is 6. The molecule has 33 heavy (non-hydrogen) atoms. The predicted octanol–water partition coefficient (Wildman–Crippen LogP) is 1.98. The summed E-state index contributed by atoms with van der Waals surface area (Å²) in [5.74, 6) is 0.261. The molecule has 1 N–H and O–H groups in total. The Morgan fingerprint density at radius 3 is 2.55 bits per heavy atom. The van der Waals surface area contributed by atoms with E-state index in [1.54, 1.807) is 43.5 Å². The summed E-state index contributed by atoms with van der Waals surface area (Å²) in [6, 6.07) is 14.1. The lowest BCUT2D eigenvalue weighted by atomic mass is 10.2. The number of benzene rings is 2. The second-order valence-electron chi connectivity index (χ2n) is 7.24. The summed E-state index contributed by atoms with van der Waals surface area (Å²) in [5.41, 5.74) is 0.372. The first kappa shape index (κ1) is 22.2. The third-order valence-corrected chi connectivity index (χ3v) is 5.28. The quantitative estimate of drug-likeness (QED) is 0.447. The van der Waals surface area contributed by atoms with Crippen molar-refractivity contribution in [1.82, 2.24) is 24.4 Å². The zero-order valence-electron chi connectivity index (χ0n) is 17.7. The molecule has 0 fully saturated rings. The smallest absolute Gasteiger partial charge is 0.333 e. The Bertz CT molecular complexity index is 1430. The van der Waals surface area contributed by atoms with E-state index in [-0.39, 0.29) is 30.8 Å². The summed E-state index contributed by atoms with van der Waals surface area (Å²) < 4.78 is 7.38. The van der Waals surface area contributed by atoms with Crippen LogP contribution >= 0.6 is 11.6 Å². The van der Waals surface area contributed by atoms with Gasteiger partial charge >= 0.3 is 5.69 Å². The van der Waals surface area contributed by atoms with E-state index >= 15 is 0 Å². The van der Waals surface area contributed by atoms with Crippen molar-refractivity contribution in [2.45, 2.75) is 19.6 Å². The second kappa shape index (κ2) is 9.66. The van der Waals surface area contributed by atoms with Gasteiger partial charge in [0.1, 0.15) is 12.3 Å². The van der Waals surface area contributed by atoms with Crippen LogP contribution in [0, 0.1) is 0 Å². The number of ether oxygens (including phenoxy) is 1. The Hall–Kier alpha value is -3.98. The molecule has 4 aromatic rings. The number of amides is 1. The standard InChI is InChI=1S/C23H20ClN5O4/c1-33-18-4-2-3-16(11-18)12-27-19(30)14-28-21-20(25-9-10-26-21)22(31)29(23(28)32)13-15-5-7-17(24)8-6-15/h2-11H,12-14H2,1H3,(H,27,30). The molecule has 0 saturated heterocycles. The van der Waals surface area contributed by atoms with E-state index in [0.717, 1.165) is 14.7 Å². The molecule has 0 saturated carbocycles. The summed E-state index contributed by atoms with van der Waals surface area (Å²) >= 11 is 5.92. The van der Waals surface area contributed by atoms with Gasteiger partial charge in [-0.25, -0.2) is 14.8 Å². The highest BCUT2D eigenvalue weighted by Crippen LogP contribution is 2.12. The van der Waals surface area contributed by atoms with Gasteiger partial charge in [0.05, 0.1) is 13.7 Å². The van der Waals surface area contributed by atoms with Crippen molar-refractivity contribution in [1.29, 1.82) is 0 Å². The lowest BCUT2D eigenvalue weighted by Crippen LogP contribution is -2.43. The lowest BCUT2D eigenvalue weighted by molar-refractivity contribution is -0.121. The van der Waals surface area contributed by atoms with Crippen LogP contribution in [0.1, 0.15) is 11.1 Å². The van der Waals surface area contributed by atoms with Crippen molar-refractivity contribution in [2.75, 3.05) is 7.11 Å². The number of hydrogen-bond donors (Lipinski definition) is 1. The van der Waals surface area contributed by atoms with Gasteiger partial charge in [-0.1, -0.05) is 35.9 Å². The minimum atomic E-state index is -0.653. The Morgan fingerprint density at radius 2 is 1.79 bits per heavy atom. The van der Waals surface area contributed by atoms with Crippen LogP contribution in [0.3, 0.4) is 0 Å². The lowest BCUT2D eigenvalue weighted by Gasteiger charge is -2.13. The van der Waals surface area contributed by atoms with E-state index in [0.29, 0.717) is 16.3 Å². The molecular formula is C23H20ClN5O4. The third kappa shape index (κ3) is 4.93. The molecule has 0 aliphatic heterocycles. The molecule has 2 aromatic heterocycles. The monoisotopic (exact) mass is 465 g/mol. The van der Waals surface area contributed by atoms with Crippen molar-refractivity contribution in [3.8, 4) is 5.75 Å². The van der Waals surface area contributed by atoms with Gasteiger partial charge in [-0.3, -0.25) is 18.7 Å². The van der Waals surface area contributed by atoms with Crippen molar-refractivity contribution < 1.29 is 9.53 Å². The Morgan fingerprint density at radius 1 is 1.03 bits per heavy atom. The molecule has 0 bridgehead atoms. The van der Waals surface area contributed by atoms with Gasteiger partial charge in [0, 0.05) is 24.0 Å². The number of fused-ring (bicyclic) bond motifs is 1. The molecule has 1 amide bonds. The number of halogens is 1. The molecule has 0 radical (unpaired) electrons.